The molecule has 0 atom stereocenters. The fraction of sp³-hybridized carbons (Fsp3) is 0.250. The maximum atomic E-state index is 13.3. The standard InChI is InChI=1S/C20H20ClFN4O2S/c1-2-26(11-14-4-3-5-16(22)10-14)19(27)13-29-20-23-18(24-25-20)12-28-17-8-6-15(21)7-9-17/h3-10H,2,11-13H2,1H3,(H,23,24,25). The van der Waals surface area contributed by atoms with Crippen molar-refractivity contribution < 1.29 is 13.9 Å². The van der Waals surface area contributed by atoms with Gasteiger partial charge >= 0.3 is 0 Å². The SMILES string of the molecule is CCN(Cc1cccc(F)c1)C(=O)CSc1n[nH]c(COc2ccc(Cl)cc2)n1. The topological polar surface area (TPSA) is 71.1 Å². The Bertz CT molecular complexity index is 952. The summed E-state index contributed by atoms with van der Waals surface area (Å²) in [6.07, 6.45) is 0. The van der Waals surface area contributed by atoms with Crippen molar-refractivity contribution in [1.82, 2.24) is 20.1 Å². The first-order valence-electron chi connectivity index (χ1n) is 8.98. The van der Waals surface area contributed by atoms with Crippen LogP contribution >= 0.6 is 23.4 Å². The van der Waals surface area contributed by atoms with Gasteiger partial charge in [-0.25, -0.2) is 9.37 Å². The van der Waals surface area contributed by atoms with E-state index in [9.17, 15) is 9.18 Å². The molecule has 0 aliphatic rings. The molecule has 152 valence electrons. The first-order chi connectivity index (χ1) is 14.0. The van der Waals surface area contributed by atoms with Crippen LogP contribution in [0.5, 0.6) is 5.75 Å². The molecule has 0 saturated heterocycles. The van der Waals surface area contributed by atoms with Gasteiger partial charge < -0.3 is 9.64 Å². The average Bonchev–Trinajstić information content (AvgIpc) is 3.18. The van der Waals surface area contributed by atoms with Gasteiger partial charge in [-0.3, -0.25) is 9.89 Å². The molecule has 2 aromatic carbocycles. The fourth-order valence-electron chi connectivity index (χ4n) is 2.54. The summed E-state index contributed by atoms with van der Waals surface area (Å²) >= 11 is 7.08. The predicted molar refractivity (Wildman–Crippen MR) is 110 cm³/mol. The Hall–Kier alpha value is -2.58. The van der Waals surface area contributed by atoms with Crippen LogP contribution in [0.2, 0.25) is 5.02 Å². The van der Waals surface area contributed by atoms with Crippen molar-refractivity contribution in [3.63, 3.8) is 0 Å². The van der Waals surface area contributed by atoms with E-state index < -0.39 is 0 Å². The van der Waals surface area contributed by atoms with Crippen LogP contribution < -0.4 is 4.74 Å². The number of thioether (sulfide) groups is 1. The van der Waals surface area contributed by atoms with E-state index in [1.54, 1.807) is 41.3 Å². The molecule has 6 nitrogen and oxygen atoms in total. The Balaban J connectivity index is 1.48. The van der Waals surface area contributed by atoms with E-state index in [-0.39, 0.29) is 24.1 Å². The van der Waals surface area contributed by atoms with Gasteiger partial charge in [0.05, 0.1) is 5.75 Å². The minimum Gasteiger partial charge on any atom is -0.486 e. The van der Waals surface area contributed by atoms with Crippen LogP contribution in [-0.4, -0.2) is 38.3 Å². The summed E-state index contributed by atoms with van der Waals surface area (Å²) in [5.41, 5.74) is 0.754. The summed E-state index contributed by atoms with van der Waals surface area (Å²) in [4.78, 5) is 18.5. The zero-order valence-corrected chi connectivity index (χ0v) is 17.3. The zero-order valence-electron chi connectivity index (χ0n) is 15.8. The zero-order chi connectivity index (χ0) is 20.6. The van der Waals surface area contributed by atoms with Crippen molar-refractivity contribution in [2.75, 3.05) is 12.3 Å². The minimum atomic E-state index is -0.311. The number of nitrogens with one attached hydrogen (secondary N) is 1. The van der Waals surface area contributed by atoms with Crippen LogP contribution in [-0.2, 0) is 17.9 Å². The molecule has 9 heteroatoms. The Morgan fingerprint density at radius 1 is 1.28 bits per heavy atom. The number of H-pyrrole nitrogens is 1. The Labute approximate surface area is 177 Å². The van der Waals surface area contributed by atoms with E-state index in [1.807, 2.05) is 6.92 Å². The quantitative estimate of drug-likeness (QED) is 0.508. The molecule has 0 saturated carbocycles. The molecule has 0 aliphatic carbocycles. The van der Waals surface area contributed by atoms with E-state index in [0.717, 1.165) is 5.56 Å². The van der Waals surface area contributed by atoms with Gasteiger partial charge in [0.25, 0.3) is 0 Å². The van der Waals surface area contributed by atoms with E-state index in [0.29, 0.717) is 34.8 Å². The van der Waals surface area contributed by atoms with Gasteiger partial charge in [-0.05, 0) is 48.9 Å². The molecular formula is C20H20ClFN4O2S. The molecule has 3 aromatic rings. The molecule has 29 heavy (non-hydrogen) atoms. The third kappa shape index (κ3) is 6.47. The summed E-state index contributed by atoms with van der Waals surface area (Å²) in [6.45, 7) is 3.01. The lowest BCUT2D eigenvalue weighted by molar-refractivity contribution is -0.128. The second kappa shape index (κ2) is 10.3. The summed E-state index contributed by atoms with van der Waals surface area (Å²) in [6, 6.07) is 13.3. The van der Waals surface area contributed by atoms with Crippen molar-refractivity contribution >= 4 is 29.3 Å². The molecule has 1 amide bonds. The summed E-state index contributed by atoms with van der Waals surface area (Å²) < 4.78 is 18.9. The Morgan fingerprint density at radius 2 is 2.07 bits per heavy atom. The summed E-state index contributed by atoms with van der Waals surface area (Å²) in [5, 5.41) is 8.01. The number of aromatic amines is 1. The number of benzene rings is 2. The van der Waals surface area contributed by atoms with Gasteiger partial charge in [0.15, 0.2) is 5.82 Å². The fourth-order valence-corrected chi connectivity index (χ4v) is 3.39. The highest BCUT2D eigenvalue weighted by molar-refractivity contribution is 7.99. The van der Waals surface area contributed by atoms with E-state index >= 15 is 0 Å². The van der Waals surface area contributed by atoms with Crippen molar-refractivity contribution in [2.45, 2.75) is 25.2 Å². The molecule has 0 radical (unpaired) electrons. The van der Waals surface area contributed by atoms with Gasteiger partial charge in [-0.15, -0.1) is 5.10 Å². The normalized spacial score (nSPS) is 10.7. The molecule has 0 spiro atoms. The number of amides is 1. The number of hydrogen-bond acceptors (Lipinski definition) is 5. The van der Waals surface area contributed by atoms with Gasteiger partial charge in [0.1, 0.15) is 18.2 Å². The highest BCUT2D eigenvalue weighted by atomic mass is 35.5. The van der Waals surface area contributed by atoms with E-state index in [2.05, 4.69) is 15.2 Å². The number of ether oxygens (including phenoxy) is 1. The van der Waals surface area contributed by atoms with E-state index in [4.69, 9.17) is 16.3 Å². The number of carbonyl (C=O) groups excluding carboxylic acids is 1. The monoisotopic (exact) mass is 434 g/mol. The highest BCUT2D eigenvalue weighted by Crippen LogP contribution is 2.18. The molecule has 1 aromatic heterocycles. The molecule has 1 heterocycles. The molecule has 0 aliphatic heterocycles. The van der Waals surface area contributed by atoms with Gasteiger partial charge in [0.2, 0.25) is 11.1 Å². The second-order valence-corrected chi connectivity index (χ2v) is 7.51. The van der Waals surface area contributed by atoms with E-state index in [1.165, 1.54) is 23.9 Å². The third-order valence-corrected chi connectivity index (χ3v) is 5.11. The predicted octanol–water partition coefficient (Wildman–Crippen LogP) is 4.32. The first-order valence-corrected chi connectivity index (χ1v) is 10.3. The lowest BCUT2D eigenvalue weighted by atomic mass is 10.2. The van der Waals surface area contributed by atoms with Gasteiger partial charge in [-0.1, -0.05) is 35.5 Å². The molecule has 0 unspecified atom stereocenters. The molecule has 1 N–H and O–H groups in total. The van der Waals surface area contributed by atoms with Crippen molar-refractivity contribution in [2.24, 2.45) is 0 Å². The number of halogens is 2. The first kappa shape index (κ1) is 21.1. The maximum Gasteiger partial charge on any atom is 0.233 e. The van der Waals surface area contributed by atoms with Crippen LogP contribution in [0, 0.1) is 5.82 Å². The van der Waals surface area contributed by atoms with Crippen LogP contribution in [0.4, 0.5) is 4.39 Å². The molecule has 0 bridgehead atoms. The minimum absolute atomic E-state index is 0.0643. The highest BCUT2D eigenvalue weighted by Gasteiger charge is 2.15. The molecule has 3 rings (SSSR count). The number of carbonyl (C=O) groups is 1. The summed E-state index contributed by atoms with van der Waals surface area (Å²) in [5.74, 6) is 1.05. The van der Waals surface area contributed by atoms with Gasteiger partial charge in [-0.2, -0.15) is 0 Å². The number of hydrogen-bond donors (Lipinski definition) is 1. The van der Waals surface area contributed by atoms with Crippen molar-refractivity contribution in [3.8, 4) is 5.75 Å². The number of aromatic nitrogens is 3. The second-order valence-electron chi connectivity index (χ2n) is 6.13. The Kier molecular flexibility index (Phi) is 7.48. The van der Waals surface area contributed by atoms with Crippen molar-refractivity contribution in [1.29, 1.82) is 0 Å². The lowest BCUT2D eigenvalue weighted by Gasteiger charge is -2.20. The largest absolute Gasteiger partial charge is 0.486 e. The average molecular weight is 435 g/mol. The van der Waals surface area contributed by atoms with Crippen molar-refractivity contribution in [3.05, 3.63) is 70.8 Å². The number of nitrogens with zero attached hydrogens (tertiary/aromatic N) is 3. The van der Waals surface area contributed by atoms with Gasteiger partial charge in [0, 0.05) is 18.1 Å². The smallest absolute Gasteiger partial charge is 0.233 e. The van der Waals surface area contributed by atoms with Crippen LogP contribution in [0.15, 0.2) is 53.7 Å². The number of rotatable bonds is 9. The Morgan fingerprint density at radius 3 is 2.79 bits per heavy atom. The van der Waals surface area contributed by atoms with Crippen LogP contribution in [0.3, 0.4) is 0 Å². The summed E-state index contributed by atoms with van der Waals surface area (Å²) in [7, 11) is 0. The molecule has 0 fully saturated rings. The molecular weight excluding hydrogens is 415 g/mol. The lowest BCUT2D eigenvalue weighted by Crippen LogP contribution is -2.31. The third-order valence-electron chi connectivity index (χ3n) is 4.02. The van der Waals surface area contributed by atoms with Crippen LogP contribution in [0.1, 0.15) is 18.3 Å². The maximum absolute atomic E-state index is 13.3. The van der Waals surface area contributed by atoms with Crippen LogP contribution in [0.25, 0.3) is 0 Å².